The van der Waals surface area contributed by atoms with Crippen LogP contribution in [0.4, 0.5) is 0 Å². The van der Waals surface area contributed by atoms with E-state index in [-0.39, 0.29) is 0 Å². The van der Waals surface area contributed by atoms with Crippen molar-refractivity contribution in [2.75, 3.05) is 14.2 Å². The molecular formula is C11H10Br2N4O2S. The highest BCUT2D eigenvalue weighted by Crippen LogP contribution is 2.42. The average molecular weight is 422 g/mol. The number of aromatic nitrogens is 3. The summed E-state index contributed by atoms with van der Waals surface area (Å²) in [6.45, 7) is 0. The van der Waals surface area contributed by atoms with E-state index in [0.29, 0.717) is 20.7 Å². The summed E-state index contributed by atoms with van der Waals surface area (Å²) in [6.07, 6.45) is 3.11. The van der Waals surface area contributed by atoms with Crippen LogP contribution in [-0.4, -0.2) is 35.3 Å². The van der Waals surface area contributed by atoms with Crippen LogP contribution in [-0.2, 0) is 0 Å². The van der Waals surface area contributed by atoms with Gasteiger partial charge in [-0.15, -0.1) is 0 Å². The van der Waals surface area contributed by atoms with E-state index in [1.54, 1.807) is 20.4 Å². The van der Waals surface area contributed by atoms with Gasteiger partial charge in [0.25, 0.3) is 0 Å². The van der Waals surface area contributed by atoms with E-state index in [1.165, 1.54) is 11.0 Å². The smallest absolute Gasteiger partial charge is 0.216 e. The van der Waals surface area contributed by atoms with Gasteiger partial charge in [-0.25, -0.2) is 0 Å². The second kappa shape index (κ2) is 6.51. The van der Waals surface area contributed by atoms with Gasteiger partial charge in [0.1, 0.15) is 16.5 Å². The lowest BCUT2D eigenvalue weighted by Gasteiger charge is -2.12. The highest BCUT2D eigenvalue weighted by molar-refractivity contribution is 9.11. The number of halogens is 2. The maximum Gasteiger partial charge on any atom is 0.216 e. The van der Waals surface area contributed by atoms with Gasteiger partial charge in [0.15, 0.2) is 5.75 Å². The van der Waals surface area contributed by atoms with Crippen LogP contribution in [0.25, 0.3) is 0 Å². The average Bonchev–Trinajstić information content (AvgIpc) is 2.82. The molecule has 2 rings (SSSR count). The summed E-state index contributed by atoms with van der Waals surface area (Å²) < 4.78 is 14.0. The Morgan fingerprint density at radius 2 is 2.05 bits per heavy atom. The molecule has 1 N–H and O–H groups in total. The highest BCUT2D eigenvalue weighted by atomic mass is 79.9. The van der Waals surface area contributed by atoms with Gasteiger partial charge in [0.05, 0.1) is 24.9 Å². The first-order chi connectivity index (χ1) is 9.58. The van der Waals surface area contributed by atoms with Gasteiger partial charge in [-0.1, -0.05) is 0 Å². The predicted molar refractivity (Wildman–Crippen MR) is 85.3 cm³/mol. The Morgan fingerprint density at radius 1 is 1.35 bits per heavy atom. The van der Waals surface area contributed by atoms with Crippen molar-refractivity contribution >= 4 is 50.3 Å². The first-order valence-electron chi connectivity index (χ1n) is 5.34. The van der Waals surface area contributed by atoms with E-state index >= 15 is 0 Å². The summed E-state index contributed by atoms with van der Waals surface area (Å²) in [5.41, 5.74) is 0.759. The highest BCUT2D eigenvalue weighted by Gasteiger charge is 2.15. The van der Waals surface area contributed by atoms with Crippen LogP contribution in [0.3, 0.4) is 0 Å². The molecular weight excluding hydrogens is 412 g/mol. The molecule has 0 aliphatic carbocycles. The minimum absolute atomic E-state index is 0.409. The molecule has 0 saturated carbocycles. The van der Waals surface area contributed by atoms with Gasteiger partial charge in [-0.2, -0.15) is 14.9 Å². The Balaban J connectivity index is 2.49. The zero-order valence-electron chi connectivity index (χ0n) is 10.6. The Hall–Kier alpha value is -1.19. The second-order valence-electron chi connectivity index (χ2n) is 3.58. The molecule has 0 radical (unpaired) electrons. The summed E-state index contributed by atoms with van der Waals surface area (Å²) in [7, 11) is 3.16. The minimum atomic E-state index is 0.409. The standard InChI is InChI=1S/C11H10Br2N4O2S/c1-18-9-6(3-7(12)10(19-2)8(9)13)4-15-17-5-14-16-11(17)20/h3-5H,1-2H3,(H,16,20)/b15-4-. The van der Waals surface area contributed by atoms with Crippen LogP contribution in [0.2, 0.25) is 0 Å². The first kappa shape index (κ1) is 15.2. The molecule has 20 heavy (non-hydrogen) atoms. The number of nitrogens with one attached hydrogen (secondary N) is 1. The molecule has 2 aromatic rings. The van der Waals surface area contributed by atoms with Crippen LogP contribution >= 0.6 is 44.1 Å². The Kier molecular flexibility index (Phi) is 4.95. The van der Waals surface area contributed by atoms with E-state index < -0.39 is 0 Å². The minimum Gasteiger partial charge on any atom is -0.495 e. The van der Waals surface area contributed by atoms with Gasteiger partial charge >= 0.3 is 0 Å². The van der Waals surface area contributed by atoms with Crippen molar-refractivity contribution in [2.24, 2.45) is 5.10 Å². The van der Waals surface area contributed by atoms with Gasteiger partial charge < -0.3 is 9.47 Å². The summed E-state index contributed by atoms with van der Waals surface area (Å²) in [4.78, 5) is 0. The number of benzene rings is 1. The second-order valence-corrected chi connectivity index (χ2v) is 5.61. The SMILES string of the molecule is COc1c(Br)cc(/C=N\n2cn[nH]c2=S)c(OC)c1Br. The number of methoxy groups -OCH3 is 2. The summed E-state index contributed by atoms with van der Waals surface area (Å²) >= 11 is 11.9. The van der Waals surface area contributed by atoms with Crippen LogP contribution in [0.1, 0.15) is 5.56 Å². The summed E-state index contributed by atoms with van der Waals surface area (Å²) in [6, 6.07) is 1.84. The molecule has 0 unspecified atom stereocenters. The number of aromatic amines is 1. The maximum atomic E-state index is 5.38. The molecule has 0 amide bonds. The predicted octanol–water partition coefficient (Wildman–Crippen LogP) is 3.37. The topological polar surface area (TPSA) is 64.4 Å². The lowest BCUT2D eigenvalue weighted by molar-refractivity contribution is 0.387. The number of ether oxygens (including phenoxy) is 2. The Labute approximate surface area is 137 Å². The number of nitrogens with zero attached hydrogens (tertiary/aromatic N) is 3. The maximum absolute atomic E-state index is 5.38. The monoisotopic (exact) mass is 420 g/mol. The van der Waals surface area contributed by atoms with Gasteiger partial charge in [-0.05, 0) is 50.1 Å². The summed E-state index contributed by atoms with van der Waals surface area (Å²) in [5, 5.41) is 10.6. The fraction of sp³-hybridized carbons (Fsp3) is 0.182. The van der Waals surface area contributed by atoms with Crippen molar-refractivity contribution in [3.8, 4) is 11.5 Å². The fourth-order valence-corrected chi connectivity index (χ4v) is 3.33. The van der Waals surface area contributed by atoms with Crippen molar-refractivity contribution in [2.45, 2.75) is 0 Å². The van der Waals surface area contributed by atoms with Crippen molar-refractivity contribution in [3.63, 3.8) is 0 Å². The number of hydrogen-bond donors (Lipinski definition) is 1. The third kappa shape index (κ3) is 2.94. The molecule has 0 spiro atoms. The van der Waals surface area contributed by atoms with E-state index in [0.717, 1.165) is 10.0 Å². The van der Waals surface area contributed by atoms with Crippen molar-refractivity contribution < 1.29 is 9.47 Å². The summed E-state index contributed by atoms with van der Waals surface area (Å²) in [5.74, 6) is 1.27. The van der Waals surface area contributed by atoms with Crippen LogP contribution in [0, 0.1) is 4.77 Å². The van der Waals surface area contributed by atoms with Crippen molar-refractivity contribution in [1.29, 1.82) is 0 Å². The molecule has 0 atom stereocenters. The lowest BCUT2D eigenvalue weighted by Crippen LogP contribution is -1.97. The van der Waals surface area contributed by atoms with Gasteiger partial charge in [0.2, 0.25) is 4.77 Å². The molecule has 0 saturated heterocycles. The van der Waals surface area contributed by atoms with Crippen LogP contribution < -0.4 is 9.47 Å². The van der Waals surface area contributed by atoms with Crippen LogP contribution in [0.15, 0.2) is 26.4 Å². The number of rotatable bonds is 4. The fourth-order valence-electron chi connectivity index (χ4n) is 1.54. The molecule has 1 aromatic carbocycles. The first-order valence-corrected chi connectivity index (χ1v) is 7.34. The van der Waals surface area contributed by atoms with E-state index in [9.17, 15) is 0 Å². The van der Waals surface area contributed by atoms with Crippen molar-refractivity contribution in [1.82, 2.24) is 14.9 Å². The van der Waals surface area contributed by atoms with E-state index in [2.05, 4.69) is 47.2 Å². The van der Waals surface area contributed by atoms with Crippen molar-refractivity contribution in [3.05, 3.63) is 31.7 Å². The zero-order chi connectivity index (χ0) is 14.7. The molecule has 1 aromatic heterocycles. The normalized spacial score (nSPS) is 11.0. The molecule has 9 heteroatoms. The lowest BCUT2D eigenvalue weighted by atomic mass is 10.2. The third-order valence-corrected chi connectivity index (χ3v) is 4.01. The molecule has 6 nitrogen and oxygen atoms in total. The van der Waals surface area contributed by atoms with E-state index in [1.807, 2.05) is 6.07 Å². The van der Waals surface area contributed by atoms with E-state index in [4.69, 9.17) is 21.7 Å². The Morgan fingerprint density at radius 3 is 2.60 bits per heavy atom. The number of H-pyrrole nitrogens is 1. The zero-order valence-corrected chi connectivity index (χ0v) is 14.5. The van der Waals surface area contributed by atoms with Gasteiger partial charge in [-0.3, -0.25) is 5.10 Å². The molecule has 0 aliphatic heterocycles. The molecule has 1 heterocycles. The van der Waals surface area contributed by atoms with Gasteiger partial charge in [0, 0.05) is 5.56 Å². The van der Waals surface area contributed by atoms with Crippen LogP contribution in [0.5, 0.6) is 11.5 Å². The largest absolute Gasteiger partial charge is 0.495 e. The Bertz CT molecular complexity index is 711. The number of hydrogen-bond acceptors (Lipinski definition) is 5. The molecule has 0 bridgehead atoms. The molecule has 106 valence electrons. The quantitative estimate of drug-likeness (QED) is 0.607. The molecule has 0 fully saturated rings. The third-order valence-electron chi connectivity index (χ3n) is 2.42. The molecule has 0 aliphatic rings.